The van der Waals surface area contributed by atoms with Gasteiger partial charge in [0.1, 0.15) is 8.07 Å². The number of hydrogen-bond acceptors (Lipinski definition) is 0. The van der Waals surface area contributed by atoms with E-state index in [1.54, 1.807) is 0 Å². The summed E-state index contributed by atoms with van der Waals surface area (Å²) in [5.41, 5.74) is 4.46. The molecule has 1 fully saturated rings. The molecule has 0 unspecified atom stereocenters. The Kier molecular flexibility index (Phi) is 3.12. The third-order valence-electron chi connectivity index (χ3n) is 2.85. The summed E-state index contributed by atoms with van der Waals surface area (Å²) in [6.07, 6.45) is 5.67. The third-order valence-corrected chi connectivity index (χ3v) is 7.04. The average molecular weight is 166 g/mol. The lowest BCUT2D eigenvalue weighted by atomic mass is 10.2. The number of rotatable bonds is 2. The minimum absolute atomic E-state index is 1.15. The van der Waals surface area contributed by atoms with Crippen molar-refractivity contribution >= 4 is 8.07 Å². The smallest absolute Gasteiger partial charge is 0.100 e. The summed E-state index contributed by atoms with van der Waals surface area (Å²) >= 11 is 0. The topological polar surface area (TPSA) is 0 Å². The van der Waals surface area contributed by atoms with Gasteiger partial charge in [-0.15, -0.1) is 13.2 Å². The largest absolute Gasteiger partial charge is 0.107 e. The Morgan fingerprint density at radius 1 is 0.818 bits per heavy atom. The molecule has 1 heteroatoms. The molecule has 62 valence electrons. The first-order valence-electron chi connectivity index (χ1n) is 4.60. The van der Waals surface area contributed by atoms with Crippen molar-refractivity contribution in [1.29, 1.82) is 0 Å². The van der Waals surface area contributed by atoms with Gasteiger partial charge >= 0.3 is 0 Å². The van der Waals surface area contributed by atoms with Gasteiger partial charge in [0.05, 0.1) is 0 Å². The second-order valence-electron chi connectivity index (χ2n) is 3.56. The fraction of sp³-hybridized carbons (Fsp3) is 0.600. The molecule has 0 radical (unpaired) electrons. The van der Waals surface area contributed by atoms with Crippen molar-refractivity contribution in [2.75, 3.05) is 0 Å². The lowest BCUT2D eigenvalue weighted by molar-refractivity contribution is 0.720. The van der Waals surface area contributed by atoms with Crippen LogP contribution < -0.4 is 0 Å². The minimum Gasteiger partial charge on any atom is -0.107 e. The van der Waals surface area contributed by atoms with Gasteiger partial charge in [-0.25, -0.2) is 0 Å². The van der Waals surface area contributed by atoms with Crippen LogP contribution in [0.4, 0.5) is 0 Å². The monoisotopic (exact) mass is 166 g/mol. The molecule has 1 rings (SSSR count). The van der Waals surface area contributed by atoms with Crippen molar-refractivity contribution in [3.8, 4) is 0 Å². The highest BCUT2D eigenvalue weighted by atomic mass is 28.3. The summed E-state index contributed by atoms with van der Waals surface area (Å²) in [4.78, 5) is 0. The fourth-order valence-corrected chi connectivity index (χ4v) is 4.93. The zero-order valence-electron chi connectivity index (χ0n) is 7.31. The zero-order chi connectivity index (χ0) is 8.16. The molecule has 0 atom stereocenters. The first-order valence-corrected chi connectivity index (χ1v) is 7.17. The second kappa shape index (κ2) is 3.91. The Bertz CT molecular complexity index is 131. The summed E-state index contributed by atoms with van der Waals surface area (Å²) in [7, 11) is -1.15. The van der Waals surface area contributed by atoms with Gasteiger partial charge in [0, 0.05) is 0 Å². The van der Waals surface area contributed by atoms with Crippen LogP contribution in [0.1, 0.15) is 25.7 Å². The Balaban J connectivity index is 2.63. The summed E-state index contributed by atoms with van der Waals surface area (Å²) in [6.45, 7) is 7.92. The van der Waals surface area contributed by atoms with E-state index in [0.29, 0.717) is 0 Å². The second-order valence-corrected chi connectivity index (χ2v) is 7.84. The molecule has 11 heavy (non-hydrogen) atoms. The molecule has 1 heterocycles. The van der Waals surface area contributed by atoms with Crippen LogP contribution in [0.2, 0.25) is 12.1 Å². The number of hydrogen-bond donors (Lipinski definition) is 0. The van der Waals surface area contributed by atoms with Gasteiger partial charge in [0.2, 0.25) is 0 Å². The molecular formula is C10H18Si. The molecule has 0 bridgehead atoms. The van der Waals surface area contributed by atoms with Crippen molar-refractivity contribution in [1.82, 2.24) is 0 Å². The average Bonchev–Trinajstić information content (AvgIpc) is 2.30. The quantitative estimate of drug-likeness (QED) is 0.551. The Morgan fingerprint density at radius 3 is 1.64 bits per heavy atom. The van der Waals surface area contributed by atoms with Crippen LogP contribution in [0.15, 0.2) is 24.6 Å². The van der Waals surface area contributed by atoms with E-state index < -0.39 is 8.07 Å². The molecule has 0 N–H and O–H groups in total. The van der Waals surface area contributed by atoms with E-state index in [4.69, 9.17) is 0 Å². The van der Waals surface area contributed by atoms with E-state index in [1.807, 2.05) is 0 Å². The molecule has 1 aliphatic heterocycles. The molecule has 0 aromatic carbocycles. The maximum atomic E-state index is 3.96. The van der Waals surface area contributed by atoms with E-state index in [9.17, 15) is 0 Å². The highest BCUT2D eigenvalue weighted by Crippen LogP contribution is 2.28. The Hall–Kier alpha value is -0.303. The molecule has 0 spiro atoms. The first-order chi connectivity index (χ1) is 5.33. The van der Waals surface area contributed by atoms with Crippen molar-refractivity contribution in [2.24, 2.45) is 0 Å². The fourth-order valence-electron chi connectivity index (χ4n) is 1.88. The normalized spacial score (nSPS) is 23.6. The molecule has 1 aliphatic rings. The standard InChI is InChI=1S/C10H18Si/c1-3-11(4-2)9-7-5-6-8-10-11/h3-4H,1-2,5-10H2. The summed E-state index contributed by atoms with van der Waals surface area (Å²) < 4.78 is 0. The molecular weight excluding hydrogens is 148 g/mol. The van der Waals surface area contributed by atoms with Gasteiger partial charge in [0.15, 0.2) is 0 Å². The predicted octanol–water partition coefficient (Wildman–Crippen LogP) is 3.46. The Labute approximate surface area is 71.0 Å². The molecule has 0 saturated carbocycles. The molecule has 0 aromatic rings. The van der Waals surface area contributed by atoms with Crippen LogP contribution in [-0.2, 0) is 0 Å². The van der Waals surface area contributed by atoms with Crippen LogP contribution in [0.3, 0.4) is 0 Å². The Morgan fingerprint density at radius 2 is 1.27 bits per heavy atom. The van der Waals surface area contributed by atoms with E-state index in [2.05, 4.69) is 24.6 Å². The SMILES string of the molecule is C=C[Si]1(C=C)CCCCCC1. The van der Waals surface area contributed by atoms with Crippen LogP contribution in [-0.4, -0.2) is 8.07 Å². The lowest BCUT2D eigenvalue weighted by Crippen LogP contribution is -2.27. The summed E-state index contributed by atoms with van der Waals surface area (Å²) in [5.74, 6) is 0. The van der Waals surface area contributed by atoms with Gasteiger partial charge in [-0.05, 0) is 0 Å². The third kappa shape index (κ3) is 2.06. The van der Waals surface area contributed by atoms with Gasteiger partial charge in [-0.1, -0.05) is 49.2 Å². The summed E-state index contributed by atoms with van der Waals surface area (Å²) in [5, 5.41) is 0. The predicted molar refractivity (Wildman–Crippen MR) is 54.2 cm³/mol. The van der Waals surface area contributed by atoms with Crippen LogP contribution >= 0.6 is 0 Å². The summed E-state index contributed by atoms with van der Waals surface area (Å²) in [6, 6.07) is 2.81. The van der Waals surface area contributed by atoms with Gasteiger partial charge in [-0.2, -0.15) is 0 Å². The van der Waals surface area contributed by atoms with E-state index in [0.717, 1.165) is 0 Å². The molecule has 1 saturated heterocycles. The van der Waals surface area contributed by atoms with Crippen LogP contribution in [0, 0.1) is 0 Å². The minimum atomic E-state index is -1.15. The maximum Gasteiger partial charge on any atom is 0.100 e. The highest BCUT2D eigenvalue weighted by molar-refractivity contribution is 6.88. The maximum absolute atomic E-state index is 3.96. The molecule has 0 nitrogen and oxygen atoms in total. The van der Waals surface area contributed by atoms with Gasteiger partial charge < -0.3 is 0 Å². The molecule has 0 aliphatic carbocycles. The molecule has 0 amide bonds. The van der Waals surface area contributed by atoms with Crippen molar-refractivity contribution in [3.05, 3.63) is 24.6 Å². The van der Waals surface area contributed by atoms with E-state index in [1.165, 1.54) is 37.8 Å². The van der Waals surface area contributed by atoms with Crippen LogP contribution in [0.25, 0.3) is 0 Å². The van der Waals surface area contributed by atoms with Gasteiger partial charge in [-0.3, -0.25) is 0 Å². The van der Waals surface area contributed by atoms with Crippen molar-refractivity contribution in [3.63, 3.8) is 0 Å². The van der Waals surface area contributed by atoms with Crippen molar-refractivity contribution in [2.45, 2.75) is 37.8 Å². The zero-order valence-corrected chi connectivity index (χ0v) is 8.31. The molecule has 0 aromatic heterocycles. The van der Waals surface area contributed by atoms with Crippen molar-refractivity contribution < 1.29 is 0 Å². The lowest BCUT2D eigenvalue weighted by Gasteiger charge is -2.21. The van der Waals surface area contributed by atoms with Crippen LogP contribution in [0.5, 0.6) is 0 Å². The van der Waals surface area contributed by atoms with Gasteiger partial charge in [0.25, 0.3) is 0 Å². The highest BCUT2D eigenvalue weighted by Gasteiger charge is 2.25. The van der Waals surface area contributed by atoms with E-state index in [-0.39, 0.29) is 0 Å². The first kappa shape index (κ1) is 8.79. The van der Waals surface area contributed by atoms with E-state index >= 15 is 0 Å².